The van der Waals surface area contributed by atoms with Gasteiger partial charge in [0.05, 0.1) is 23.3 Å². The Bertz CT molecular complexity index is 2400. The number of rotatable bonds is 7. The van der Waals surface area contributed by atoms with Crippen molar-refractivity contribution in [2.75, 3.05) is 0 Å². The number of hydrogen-bond donors (Lipinski definition) is 1. The van der Waals surface area contributed by atoms with E-state index in [2.05, 4.69) is 23.8 Å². The van der Waals surface area contributed by atoms with Crippen molar-refractivity contribution in [3.8, 4) is 5.95 Å². The molecule has 4 aromatic carbocycles. The number of aryl methyl sites for hydroxylation is 1. The Balaban J connectivity index is 1.22. The van der Waals surface area contributed by atoms with E-state index in [4.69, 9.17) is 16.6 Å². The summed E-state index contributed by atoms with van der Waals surface area (Å²) in [5, 5.41) is 1.96. The van der Waals surface area contributed by atoms with Crippen LogP contribution in [0.2, 0.25) is 10.1 Å². The number of benzene rings is 4. The molecular weight excluding hydrogens is 667 g/mol. The zero-order valence-electron chi connectivity index (χ0n) is 28.0. The summed E-state index contributed by atoms with van der Waals surface area (Å²) < 4.78 is 20.1. The molecule has 2 atom stereocenters. The van der Waals surface area contributed by atoms with Crippen LogP contribution in [0.4, 0.5) is 4.39 Å². The summed E-state index contributed by atoms with van der Waals surface area (Å²) in [6, 6.07) is 29.9. The van der Waals surface area contributed by atoms with Gasteiger partial charge in [0.25, 0.3) is 8.32 Å². The Hall–Kier alpha value is -4.90. The zero-order valence-corrected chi connectivity index (χ0v) is 29.7. The summed E-state index contributed by atoms with van der Waals surface area (Å²) in [5.74, 6) is 0.0160. The highest BCUT2D eigenvalue weighted by Gasteiger charge is 2.51. The molecule has 0 aliphatic heterocycles. The smallest absolute Gasteiger partial charge is 0.330 e. The Morgan fingerprint density at radius 3 is 2.30 bits per heavy atom. The van der Waals surface area contributed by atoms with E-state index in [-0.39, 0.29) is 17.4 Å². The zero-order chi connectivity index (χ0) is 34.8. The molecule has 0 saturated carbocycles. The standard InChI is InChI=1S/C39H36ClFN6O2Si/c1-39(2,50(49,28-10-6-4-7-11-28)29-12-8-5-9-13-29)22-25-14-19-33(31-21-27(41)16-17-30(25)31)47-36-35(45(3)38(47)48)23-42-37(44-36)46-24-43-32-18-15-26(40)20-34(32)46/h4-13,15-18,20-21,23-25,33,49H,14,19,22H2,1-3H3/t25-,33+/m0/s1. The minimum Gasteiger partial charge on any atom is -0.424 e. The van der Waals surface area contributed by atoms with Crippen molar-refractivity contribution in [3.05, 3.63) is 142 Å². The first kappa shape index (κ1) is 32.3. The predicted octanol–water partition coefficient (Wildman–Crippen LogP) is 6.65. The quantitative estimate of drug-likeness (QED) is 0.188. The highest BCUT2D eigenvalue weighted by Crippen LogP contribution is 2.50. The Kier molecular flexibility index (Phi) is 7.85. The predicted molar refractivity (Wildman–Crippen MR) is 198 cm³/mol. The van der Waals surface area contributed by atoms with Crippen LogP contribution in [0.3, 0.4) is 0 Å². The van der Waals surface area contributed by atoms with E-state index in [0.29, 0.717) is 35.0 Å². The van der Waals surface area contributed by atoms with Crippen molar-refractivity contribution in [2.45, 2.75) is 50.1 Å². The van der Waals surface area contributed by atoms with Gasteiger partial charge in [0.1, 0.15) is 17.7 Å². The van der Waals surface area contributed by atoms with Gasteiger partial charge in [0.15, 0.2) is 5.65 Å². The van der Waals surface area contributed by atoms with E-state index in [9.17, 15) is 9.59 Å². The molecule has 3 heterocycles. The summed E-state index contributed by atoms with van der Waals surface area (Å²) in [5.41, 5.74) is 4.01. The first-order chi connectivity index (χ1) is 24.1. The van der Waals surface area contributed by atoms with Crippen molar-refractivity contribution >= 4 is 52.5 Å². The third-order valence-electron chi connectivity index (χ3n) is 10.6. The van der Waals surface area contributed by atoms with E-state index < -0.39 is 19.4 Å². The van der Waals surface area contributed by atoms with Crippen LogP contribution in [0.25, 0.3) is 28.1 Å². The maximum absolute atomic E-state index is 15.2. The van der Waals surface area contributed by atoms with Gasteiger partial charge in [-0.3, -0.25) is 13.7 Å². The minimum absolute atomic E-state index is 0.0289. The van der Waals surface area contributed by atoms with Crippen LogP contribution in [0.5, 0.6) is 0 Å². The molecule has 0 spiro atoms. The van der Waals surface area contributed by atoms with Gasteiger partial charge in [-0.05, 0) is 82.1 Å². The molecule has 252 valence electrons. The van der Waals surface area contributed by atoms with E-state index in [0.717, 1.165) is 39.0 Å². The van der Waals surface area contributed by atoms with E-state index in [1.54, 1.807) is 51.5 Å². The second-order valence-corrected chi connectivity index (χ2v) is 18.3. The highest BCUT2D eigenvalue weighted by molar-refractivity contribution is 6.98. The number of nitrogens with zero attached hydrogens (tertiary/aromatic N) is 6. The SMILES string of the molecule is Cn1c(=O)n([C@@H]2CC[C@@H](CC(C)(C)[Si](O)(c3ccccc3)c3ccccc3)c3ccc(F)cc32)c2nc(-n3cnc4ccc(Cl)cc43)ncc21. The van der Waals surface area contributed by atoms with E-state index in [1.165, 1.54) is 6.07 Å². The van der Waals surface area contributed by atoms with Gasteiger partial charge in [-0.1, -0.05) is 92.2 Å². The molecular formula is C39H36ClFN6O2Si. The summed E-state index contributed by atoms with van der Waals surface area (Å²) in [6.45, 7) is 4.32. The Morgan fingerprint density at radius 2 is 1.60 bits per heavy atom. The second-order valence-electron chi connectivity index (χ2n) is 13.9. The number of aromatic nitrogens is 6. The largest absolute Gasteiger partial charge is 0.424 e. The highest BCUT2D eigenvalue weighted by atomic mass is 35.5. The van der Waals surface area contributed by atoms with Crippen LogP contribution in [-0.2, 0) is 7.05 Å². The fraction of sp³-hybridized carbons (Fsp3) is 0.231. The lowest BCUT2D eigenvalue weighted by atomic mass is 9.76. The number of imidazole rings is 2. The van der Waals surface area contributed by atoms with Crippen LogP contribution in [0.1, 0.15) is 56.2 Å². The molecule has 0 bridgehead atoms. The third kappa shape index (κ3) is 5.12. The Morgan fingerprint density at radius 1 is 0.900 bits per heavy atom. The normalized spacial score (nSPS) is 16.6. The number of hydrogen-bond acceptors (Lipinski definition) is 5. The molecule has 1 aliphatic carbocycles. The Labute approximate surface area is 294 Å². The fourth-order valence-electron chi connectivity index (χ4n) is 8.09. The third-order valence-corrected chi connectivity index (χ3v) is 15.3. The molecule has 1 aliphatic rings. The lowest BCUT2D eigenvalue weighted by Gasteiger charge is -2.44. The van der Waals surface area contributed by atoms with Gasteiger partial charge < -0.3 is 4.80 Å². The number of halogens is 2. The van der Waals surface area contributed by atoms with Crippen molar-refractivity contribution in [1.29, 1.82) is 0 Å². The fourth-order valence-corrected chi connectivity index (χ4v) is 12.0. The molecule has 1 N–H and O–H groups in total. The monoisotopic (exact) mass is 702 g/mol. The molecule has 0 saturated heterocycles. The van der Waals surface area contributed by atoms with Gasteiger partial charge in [0.2, 0.25) is 5.95 Å². The van der Waals surface area contributed by atoms with Gasteiger partial charge in [-0.25, -0.2) is 19.2 Å². The molecule has 0 amide bonds. The van der Waals surface area contributed by atoms with Crippen LogP contribution < -0.4 is 16.1 Å². The summed E-state index contributed by atoms with van der Waals surface area (Å²) in [6.07, 6.45) is 5.30. The second kappa shape index (κ2) is 12.2. The van der Waals surface area contributed by atoms with Gasteiger partial charge in [0, 0.05) is 12.1 Å². The number of fused-ring (bicyclic) bond motifs is 3. The molecule has 0 fully saturated rings. The average molecular weight is 703 g/mol. The van der Waals surface area contributed by atoms with E-state index in [1.807, 2.05) is 72.8 Å². The average Bonchev–Trinajstić information content (AvgIpc) is 3.65. The molecule has 0 radical (unpaired) electrons. The molecule has 7 aromatic rings. The van der Waals surface area contributed by atoms with E-state index >= 15 is 4.39 Å². The van der Waals surface area contributed by atoms with Crippen molar-refractivity contribution < 1.29 is 9.19 Å². The van der Waals surface area contributed by atoms with Crippen LogP contribution in [0.15, 0.2) is 114 Å². The maximum atomic E-state index is 15.2. The molecule has 8 rings (SSSR count). The van der Waals surface area contributed by atoms with Gasteiger partial charge >= 0.3 is 5.69 Å². The topological polar surface area (TPSA) is 90.8 Å². The molecule has 11 heteroatoms. The van der Waals surface area contributed by atoms with Gasteiger partial charge in [-0.15, -0.1) is 0 Å². The van der Waals surface area contributed by atoms with Crippen molar-refractivity contribution in [3.63, 3.8) is 0 Å². The molecule has 8 nitrogen and oxygen atoms in total. The van der Waals surface area contributed by atoms with Gasteiger partial charge in [-0.2, -0.15) is 4.98 Å². The summed E-state index contributed by atoms with van der Waals surface area (Å²) >= 11 is 6.31. The first-order valence-electron chi connectivity index (χ1n) is 16.8. The summed E-state index contributed by atoms with van der Waals surface area (Å²) in [7, 11) is -1.59. The van der Waals surface area contributed by atoms with Crippen LogP contribution in [-0.4, -0.2) is 41.8 Å². The molecule has 50 heavy (non-hydrogen) atoms. The summed E-state index contributed by atoms with van der Waals surface area (Å²) in [4.78, 5) is 40.9. The van der Waals surface area contributed by atoms with Crippen molar-refractivity contribution in [1.82, 2.24) is 28.7 Å². The van der Waals surface area contributed by atoms with Crippen LogP contribution in [0, 0.1) is 5.82 Å². The minimum atomic E-state index is -3.29. The first-order valence-corrected chi connectivity index (χ1v) is 19.1. The maximum Gasteiger partial charge on any atom is 0.330 e. The lowest BCUT2D eigenvalue weighted by Crippen LogP contribution is -2.65. The van der Waals surface area contributed by atoms with Crippen LogP contribution >= 0.6 is 11.6 Å². The van der Waals surface area contributed by atoms with Crippen molar-refractivity contribution in [2.24, 2.45) is 7.05 Å². The molecule has 0 unspecified atom stereocenters. The lowest BCUT2D eigenvalue weighted by molar-refractivity contribution is 0.375. The molecule has 3 aromatic heterocycles.